The van der Waals surface area contributed by atoms with Gasteiger partial charge in [0.1, 0.15) is 5.82 Å². The highest BCUT2D eigenvalue weighted by atomic mass is 16.5. The summed E-state index contributed by atoms with van der Waals surface area (Å²) in [5.74, 6) is 0.704. The van der Waals surface area contributed by atoms with Gasteiger partial charge in [0.25, 0.3) is 5.91 Å². The summed E-state index contributed by atoms with van der Waals surface area (Å²) in [7, 11) is 3.85. The van der Waals surface area contributed by atoms with E-state index in [1.165, 1.54) is 0 Å². The van der Waals surface area contributed by atoms with E-state index >= 15 is 0 Å². The molecule has 1 saturated heterocycles. The zero-order valence-corrected chi connectivity index (χ0v) is 16.2. The molecule has 0 bridgehead atoms. The second-order valence-corrected chi connectivity index (χ2v) is 7.03. The molecule has 7 nitrogen and oxygen atoms in total. The maximum absolute atomic E-state index is 12.7. The highest BCUT2D eigenvalue weighted by Crippen LogP contribution is 2.20. The van der Waals surface area contributed by atoms with Crippen molar-refractivity contribution >= 4 is 11.7 Å². The number of benzene rings is 1. The molecule has 144 valence electrons. The molecule has 1 N–H and O–H groups in total. The Bertz CT molecular complexity index is 774. The minimum Gasteiger partial charge on any atom is -0.379 e. The molecule has 0 saturated carbocycles. The summed E-state index contributed by atoms with van der Waals surface area (Å²) in [5.41, 5.74) is 2.25. The van der Waals surface area contributed by atoms with Gasteiger partial charge in [0.2, 0.25) is 0 Å². The standard InChI is InChI=1S/C20H27N5O2/c1-15(14-25-7-9-27-10-8-25)22-20(26)17-6-4-5-16(11-17)18-12-21-13-19(23-18)24(2)3/h4-6,11-13,15H,7-10,14H2,1-3H3,(H,22,26). The van der Waals surface area contributed by atoms with Gasteiger partial charge in [-0.25, -0.2) is 4.98 Å². The predicted molar refractivity (Wildman–Crippen MR) is 106 cm³/mol. The van der Waals surface area contributed by atoms with Crippen molar-refractivity contribution in [2.75, 3.05) is 51.8 Å². The van der Waals surface area contributed by atoms with E-state index in [2.05, 4.69) is 20.2 Å². The number of ether oxygens (including phenoxy) is 1. The van der Waals surface area contributed by atoms with Crippen LogP contribution in [0.4, 0.5) is 5.82 Å². The molecule has 0 aliphatic carbocycles. The molecule has 1 fully saturated rings. The zero-order chi connectivity index (χ0) is 19.2. The summed E-state index contributed by atoms with van der Waals surface area (Å²) < 4.78 is 5.37. The maximum Gasteiger partial charge on any atom is 0.251 e. The lowest BCUT2D eigenvalue weighted by molar-refractivity contribution is 0.0342. The third-order valence-electron chi connectivity index (χ3n) is 4.51. The van der Waals surface area contributed by atoms with E-state index in [0.29, 0.717) is 5.56 Å². The van der Waals surface area contributed by atoms with E-state index in [0.717, 1.165) is 49.9 Å². The summed E-state index contributed by atoms with van der Waals surface area (Å²) in [6.07, 6.45) is 3.43. The van der Waals surface area contributed by atoms with Crippen LogP contribution < -0.4 is 10.2 Å². The van der Waals surface area contributed by atoms with E-state index in [1.54, 1.807) is 12.4 Å². The first-order valence-corrected chi connectivity index (χ1v) is 9.23. The number of nitrogens with zero attached hydrogens (tertiary/aromatic N) is 4. The number of carbonyl (C=O) groups excluding carboxylic acids is 1. The predicted octanol–water partition coefficient (Wildman–Crippen LogP) is 1.66. The van der Waals surface area contributed by atoms with Gasteiger partial charge in [-0.05, 0) is 19.1 Å². The third kappa shape index (κ3) is 5.24. The second kappa shape index (κ2) is 8.92. The molecule has 1 aliphatic heterocycles. The van der Waals surface area contributed by atoms with E-state index in [4.69, 9.17) is 4.74 Å². The molecule has 2 aromatic rings. The van der Waals surface area contributed by atoms with E-state index in [1.807, 2.05) is 50.2 Å². The Labute approximate surface area is 160 Å². The summed E-state index contributed by atoms with van der Waals surface area (Å²) in [4.78, 5) is 25.7. The van der Waals surface area contributed by atoms with Gasteiger partial charge < -0.3 is 15.0 Å². The molecule has 1 unspecified atom stereocenters. The Balaban J connectivity index is 1.67. The molecule has 1 aromatic heterocycles. The van der Waals surface area contributed by atoms with Gasteiger partial charge in [0.15, 0.2) is 0 Å². The van der Waals surface area contributed by atoms with Crippen LogP contribution in [0.5, 0.6) is 0 Å². The van der Waals surface area contributed by atoms with Gasteiger partial charge in [-0.2, -0.15) is 0 Å². The molecule has 27 heavy (non-hydrogen) atoms. The summed E-state index contributed by atoms with van der Waals surface area (Å²) in [6, 6.07) is 7.57. The van der Waals surface area contributed by atoms with Crippen LogP contribution in [0.15, 0.2) is 36.7 Å². The Morgan fingerprint density at radius 1 is 1.30 bits per heavy atom. The molecule has 1 aromatic carbocycles. The second-order valence-electron chi connectivity index (χ2n) is 7.03. The number of hydrogen-bond donors (Lipinski definition) is 1. The third-order valence-corrected chi connectivity index (χ3v) is 4.51. The van der Waals surface area contributed by atoms with Gasteiger partial charge in [-0.15, -0.1) is 0 Å². The van der Waals surface area contributed by atoms with Crippen LogP contribution in [0, 0.1) is 0 Å². The Morgan fingerprint density at radius 2 is 2.07 bits per heavy atom. The molecule has 2 heterocycles. The van der Waals surface area contributed by atoms with Gasteiger partial charge >= 0.3 is 0 Å². The number of rotatable bonds is 6. The van der Waals surface area contributed by atoms with Crippen molar-refractivity contribution in [3.8, 4) is 11.3 Å². The van der Waals surface area contributed by atoms with Crippen LogP contribution >= 0.6 is 0 Å². The van der Waals surface area contributed by atoms with Crippen molar-refractivity contribution < 1.29 is 9.53 Å². The molecule has 1 amide bonds. The molecule has 1 atom stereocenters. The molecular formula is C20H27N5O2. The number of amides is 1. The fourth-order valence-electron chi connectivity index (χ4n) is 3.05. The first-order chi connectivity index (χ1) is 13.0. The average molecular weight is 369 g/mol. The lowest BCUT2D eigenvalue weighted by Crippen LogP contribution is -2.46. The Morgan fingerprint density at radius 3 is 2.81 bits per heavy atom. The normalized spacial score (nSPS) is 16.0. The van der Waals surface area contributed by atoms with Crippen LogP contribution in [0.2, 0.25) is 0 Å². The molecule has 3 rings (SSSR count). The largest absolute Gasteiger partial charge is 0.379 e. The number of hydrogen-bond acceptors (Lipinski definition) is 6. The average Bonchev–Trinajstić information content (AvgIpc) is 2.69. The molecule has 0 radical (unpaired) electrons. The lowest BCUT2D eigenvalue weighted by atomic mass is 10.1. The summed E-state index contributed by atoms with van der Waals surface area (Å²) in [6.45, 7) is 6.20. The van der Waals surface area contributed by atoms with E-state index in [9.17, 15) is 4.79 Å². The highest BCUT2D eigenvalue weighted by Gasteiger charge is 2.16. The lowest BCUT2D eigenvalue weighted by Gasteiger charge is -2.29. The number of aromatic nitrogens is 2. The summed E-state index contributed by atoms with van der Waals surface area (Å²) in [5, 5.41) is 3.09. The van der Waals surface area contributed by atoms with Crippen molar-refractivity contribution in [3.05, 3.63) is 42.2 Å². The molecule has 1 aliphatic rings. The quantitative estimate of drug-likeness (QED) is 0.835. The monoisotopic (exact) mass is 369 g/mol. The number of morpholine rings is 1. The van der Waals surface area contributed by atoms with Gasteiger partial charge in [0.05, 0.1) is 31.3 Å². The van der Waals surface area contributed by atoms with Crippen molar-refractivity contribution in [1.82, 2.24) is 20.2 Å². The van der Waals surface area contributed by atoms with Crippen LogP contribution in [-0.4, -0.2) is 73.8 Å². The van der Waals surface area contributed by atoms with Crippen molar-refractivity contribution in [2.24, 2.45) is 0 Å². The number of nitrogens with one attached hydrogen (secondary N) is 1. The molecule has 7 heteroatoms. The van der Waals surface area contributed by atoms with Gasteiger partial charge in [0, 0.05) is 50.9 Å². The van der Waals surface area contributed by atoms with Crippen molar-refractivity contribution in [3.63, 3.8) is 0 Å². The van der Waals surface area contributed by atoms with E-state index in [-0.39, 0.29) is 11.9 Å². The highest BCUT2D eigenvalue weighted by molar-refractivity contribution is 5.95. The zero-order valence-electron chi connectivity index (χ0n) is 16.2. The number of carbonyl (C=O) groups is 1. The smallest absolute Gasteiger partial charge is 0.251 e. The molecular weight excluding hydrogens is 342 g/mol. The maximum atomic E-state index is 12.7. The fraction of sp³-hybridized carbons (Fsp3) is 0.450. The Hall–Kier alpha value is -2.51. The van der Waals surface area contributed by atoms with Crippen LogP contribution in [-0.2, 0) is 4.74 Å². The van der Waals surface area contributed by atoms with Gasteiger partial charge in [-0.1, -0.05) is 12.1 Å². The fourth-order valence-corrected chi connectivity index (χ4v) is 3.05. The minimum atomic E-state index is -0.0747. The van der Waals surface area contributed by atoms with Crippen molar-refractivity contribution in [1.29, 1.82) is 0 Å². The first-order valence-electron chi connectivity index (χ1n) is 9.23. The minimum absolute atomic E-state index is 0.0658. The van der Waals surface area contributed by atoms with Crippen LogP contribution in [0.1, 0.15) is 17.3 Å². The number of anilines is 1. The van der Waals surface area contributed by atoms with Crippen LogP contribution in [0.25, 0.3) is 11.3 Å². The topological polar surface area (TPSA) is 70.6 Å². The Kier molecular flexibility index (Phi) is 6.36. The van der Waals surface area contributed by atoms with Crippen LogP contribution in [0.3, 0.4) is 0 Å². The molecule has 0 spiro atoms. The first kappa shape index (κ1) is 19.3. The van der Waals surface area contributed by atoms with E-state index < -0.39 is 0 Å². The SMILES string of the molecule is CC(CN1CCOCC1)NC(=O)c1cccc(-c2cncc(N(C)C)n2)c1. The summed E-state index contributed by atoms with van der Waals surface area (Å²) >= 11 is 0. The van der Waals surface area contributed by atoms with Crippen molar-refractivity contribution in [2.45, 2.75) is 13.0 Å². The van der Waals surface area contributed by atoms with Gasteiger partial charge in [-0.3, -0.25) is 14.7 Å².